The number of rotatable bonds is 3. The van der Waals surface area contributed by atoms with Crippen molar-refractivity contribution in [3.8, 4) is 0 Å². The van der Waals surface area contributed by atoms with Crippen molar-refractivity contribution in [1.29, 1.82) is 0 Å². The molecule has 0 saturated carbocycles. The van der Waals surface area contributed by atoms with Crippen LogP contribution in [0.15, 0.2) is 11.3 Å². The molecule has 0 N–H and O–H groups in total. The van der Waals surface area contributed by atoms with Gasteiger partial charge in [0, 0.05) is 18.1 Å². The van der Waals surface area contributed by atoms with Crippen LogP contribution in [0.3, 0.4) is 0 Å². The van der Waals surface area contributed by atoms with Crippen LogP contribution in [0.5, 0.6) is 0 Å². The Morgan fingerprint density at radius 3 is 2.26 bits per heavy atom. The van der Waals surface area contributed by atoms with Crippen molar-refractivity contribution in [3.05, 3.63) is 11.3 Å². The molecule has 7 nitrogen and oxygen atoms in total. The number of ether oxygens (including phenoxy) is 1. The van der Waals surface area contributed by atoms with Gasteiger partial charge in [-0.25, -0.2) is 8.42 Å². The smallest absolute Gasteiger partial charge is 0.260 e. The second kappa shape index (κ2) is 5.58. The van der Waals surface area contributed by atoms with E-state index in [9.17, 15) is 22.6 Å². The second-order valence-electron chi connectivity index (χ2n) is 6.79. The SMILES string of the molecule is CO[C@H]1C(=O)N2C(C(=O)C(C)(C)C)=C(C)C([S+](C)[O-])S(=O)(=O)[C@@H]12. The van der Waals surface area contributed by atoms with Gasteiger partial charge in [-0.05, 0) is 18.1 Å². The Hall–Kier alpha value is -0.900. The summed E-state index contributed by atoms with van der Waals surface area (Å²) in [5, 5.41) is -1.29. The predicted octanol–water partition coefficient (Wildman–Crippen LogP) is 0.192. The summed E-state index contributed by atoms with van der Waals surface area (Å²) in [6, 6.07) is 0. The molecule has 2 aliphatic heterocycles. The lowest BCUT2D eigenvalue weighted by Crippen LogP contribution is -2.72. The van der Waals surface area contributed by atoms with Crippen LogP contribution in [0.4, 0.5) is 0 Å². The molecule has 0 bridgehead atoms. The Labute approximate surface area is 139 Å². The van der Waals surface area contributed by atoms with Crippen molar-refractivity contribution in [2.45, 2.75) is 43.8 Å². The molecule has 0 radical (unpaired) electrons. The molecule has 4 atom stereocenters. The first-order valence-corrected chi connectivity index (χ1v) is 10.3. The molecule has 1 fully saturated rings. The number of amides is 1. The number of carbonyl (C=O) groups is 2. The van der Waals surface area contributed by atoms with Gasteiger partial charge in [-0.15, -0.1) is 0 Å². The summed E-state index contributed by atoms with van der Waals surface area (Å²) in [4.78, 5) is 26.0. The maximum atomic E-state index is 12.8. The van der Waals surface area contributed by atoms with Gasteiger partial charge in [0.2, 0.25) is 14.4 Å². The lowest BCUT2D eigenvalue weighted by molar-refractivity contribution is -0.161. The van der Waals surface area contributed by atoms with Gasteiger partial charge < -0.3 is 9.29 Å². The monoisotopic (exact) mass is 363 g/mol. The number of β-lactam (4-membered cyclic amide) rings is 1. The van der Waals surface area contributed by atoms with Crippen molar-refractivity contribution in [2.75, 3.05) is 13.4 Å². The number of hydrogen-bond donors (Lipinski definition) is 0. The zero-order valence-corrected chi connectivity index (χ0v) is 15.6. The van der Waals surface area contributed by atoms with Gasteiger partial charge in [-0.2, -0.15) is 0 Å². The lowest BCUT2D eigenvalue weighted by atomic mass is 9.86. The molecular weight excluding hydrogens is 342 g/mol. The molecule has 9 heteroatoms. The van der Waals surface area contributed by atoms with Crippen LogP contribution in [-0.2, 0) is 35.3 Å². The number of allylic oxidation sites excluding steroid dienone is 1. The predicted molar refractivity (Wildman–Crippen MR) is 85.4 cm³/mol. The average Bonchev–Trinajstić information content (AvgIpc) is 2.37. The summed E-state index contributed by atoms with van der Waals surface area (Å²) >= 11 is -1.74. The standard InChI is InChI=1S/C14H21NO6S2/c1-7-8(10(16)14(2,3)4)15-11(17)9(21-5)12(15)23(19,20)13(7)22(6)18/h9,12-13H,1-6H3/t9-,12-,13?,22?/m0/s1. The Morgan fingerprint density at radius 2 is 1.87 bits per heavy atom. The van der Waals surface area contributed by atoms with Gasteiger partial charge in [-0.3, -0.25) is 14.5 Å². The minimum absolute atomic E-state index is 0.0378. The topological polar surface area (TPSA) is 104 Å². The minimum atomic E-state index is -3.95. The van der Waals surface area contributed by atoms with E-state index < -0.39 is 48.4 Å². The Morgan fingerprint density at radius 1 is 1.35 bits per heavy atom. The third-order valence-corrected chi connectivity index (χ3v) is 8.70. The van der Waals surface area contributed by atoms with Crippen molar-refractivity contribution < 1.29 is 27.3 Å². The molecule has 0 aromatic heterocycles. The van der Waals surface area contributed by atoms with Gasteiger partial charge in [-0.1, -0.05) is 20.8 Å². The molecule has 1 amide bonds. The highest BCUT2D eigenvalue weighted by molar-refractivity contribution is 8.09. The Bertz CT molecular complexity index is 689. The van der Waals surface area contributed by atoms with E-state index in [1.54, 1.807) is 20.8 Å². The molecule has 0 aromatic carbocycles. The number of methoxy groups -OCH3 is 1. The molecule has 1 saturated heterocycles. The molecule has 0 aromatic rings. The summed E-state index contributed by atoms with van der Waals surface area (Å²) in [5.41, 5.74) is -0.610. The third kappa shape index (κ3) is 2.54. The highest BCUT2D eigenvalue weighted by Crippen LogP contribution is 2.44. The van der Waals surface area contributed by atoms with Crippen molar-refractivity contribution in [1.82, 2.24) is 4.90 Å². The van der Waals surface area contributed by atoms with Gasteiger partial charge in [0.25, 0.3) is 5.91 Å². The zero-order chi connectivity index (χ0) is 17.9. The van der Waals surface area contributed by atoms with Gasteiger partial charge in [0.1, 0.15) is 0 Å². The van der Waals surface area contributed by atoms with E-state index in [1.165, 1.54) is 20.3 Å². The molecule has 0 spiro atoms. The Balaban J connectivity index is 2.71. The summed E-state index contributed by atoms with van der Waals surface area (Å²) in [6.07, 6.45) is 0.116. The number of carbonyl (C=O) groups excluding carboxylic acids is 2. The summed E-state index contributed by atoms with van der Waals surface area (Å²) < 4.78 is 41.2. The zero-order valence-electron chi connectivity index (χ0n) is 13.9. The molecule has 23 heavy (non-hydrogen) atoms. The first kappa shape index (κ1) is 18.4. The van der Waals surface area contributed by atoms with Gasteiger partial charge in [0.05, 0.1) is 12.0 Å². The molecule has 2 aliphatic rings. The molecule has 0 aliphatic carbocycles. The van der Waals surface area contributed by atoms with Crippen LogP contribution < -0.4 is 0 Å². The van der Waals surface area contributed by atoms with Crippen LogP contribution in [0.25, 0.3) is 0 Å². The highest BCUT2D eigenvalue weighted by Gasteiger charge is 2.65. The average molecular weight is 363 g/mol. The summed E-state index contributed by atoms with van der Waals surface area (Å²) in [6.45, 7) is 6.50. The summed E-state index contributed by atoms with van der Waals surface area (Å²) in [5.74, 6) is -0.915. The number of fused-ring (bicyclic) bond motifs is 1. The molecule has 130 valence electrons. The largest absolute Gasteiger partial charge is 0.615 e. The first-order chi connectivity index (χ1) is 10.4. The second-order valence-corrected chi connectivity index (χ2v) is 10.7. The number of Topliss-reactive ketones (excluding diaryl/α,β-unsaturated/α-hetero) is 1. The van der Waals surface area contributed by atoms with Crippen LogP contribution in [0.1, 0.15) is 27.7 Å². The highest BCUT2D eigenvalue weighted by atomic mass is 32.3. The van der Waals surface area contributed by atoms with E-state index in [-0.39, 0.29) is 17.1 Å². The maximum absolute atomic E-state index is 12.8. The quantitative estimate of drug-likeness (QED) is 0.524. The lowest BCUT2D eigenvalue weighted by Gasteiger charge is -2.50. The van der Waals surface area contributed by atoms with Crippen molar-refractivity contribution in [3.63, 3.8) is 0 Å². The molecule has 2 heterocycles. The van der Waals surface area contributed by atoms with E-state index in [0.717, 1.165) is 4.90 Å². The van der Waals surface area contributed by atoms with Crippen LogP contribution in [0, 0.1) is 5.41 Å². The van der Waals surface area contributed by atoms with Crippen LogP contribution in [-0.4, -0.2) is 59.0 Å². The number of ketones is 1. The fourth-order valence-corrected chi connectivity index (χ4v) is 7.36. The van der Waals surface area contributed by atoms with Crippen LogP contribution in [0.2, 0.25) is 0 Å². The number of nitrogens with zero attached hydrogens (tertiary/aromatic N) is 1. The van der Waals surface area contributed by atoms with Crippen LogP contribution >= 0.6 is 0 Å². The normalized spacial score (nSPS) is 31.5. The molecule has 2 rings (SSSR count). The molecular formula is C14H21NO6S2. The first-order valence-electron chi connectivity index (χ1n) is 7.03. The van der Waals surface area contributed by atoms with E-state index in [4.69, 9.17) is 4.74 Å². The van der Waals surface area contributed by atoms with Crippen molar-refractivity contribution >= 4 is 32.7 Å². The fraction of sp³-hybridized carbons (Fsp3) is 0.714. The fourth-order valence-electron chi connectivity index (χ4n) is 2.97. The van der Waals surface area contributed by atoms with E-state index >= 15 is 0 Å². The summed E-state index contributed by atoms with van der Waals surface area (Å²) in [7, 11) is -2.71. The maximum Gasteiger partial charge on any atom is 0.260 e. The van der Waals surface area contributed by atoms with Gasteiger partial charge >= 0.3 is 0 Å². The number of sulfone groups is 1. The number of hydrogen-bond acceptors (Lipinski definition) is 6. The van der Waals surface area contributed by atoms with Crippen molar-refractivity contribution in [2.24, 2.45) is 5.41 Å². The molecule has 2 unspecified atom stereocenters. The third-order valence-electron chi connectivity index (χ3n) is 4.05. The van der Waals surface area contributed by atoms with E-state index in [1.807, 2.05) is 0 Å². The minimum Gasteiger partial charge on any atom is -0.615 e. The Kier molecular flexibility index (Phi) is 4.47. The van der Waals surface area contributed by atoms with E-state index in [2.05, 4.69) is 0 Å². The van der Waals surface area contributed by atoms with Gasteiger partial charge in [0.15, 0.2) is 17.3 Å². The van der Waals surface area contributed by atoms with E-state index in [0.29, 0.717) is 0 Å².